The summed E-state index contributed by atoms with van der Waals surface area (Å²) >= 11 is 0. The minimum absolute atomic E-state index is 0.120. The van der Waals surface area contributed by atoms with E-state index in [0.29, 0.717) is 36.8 Å². The number of fused-ring (bicyclic) bond motifs is 1. The van der Waals surface area contributed by atoms with E-state index in [1.54, 1.807) is 17.8 Å². The van der Waals surface area contributed by atoms with Crippen LogP contribution in [0.3, 0.4) is 0 Å². The molecule has 0 saturated heterocycles. The van der Waals surface area contributed by atoms with Gasteiger partial charge in [-0.2, -0.15) is 9.97 Å². The number of hydrogen-bond donors (Lipinski definition) is 2. The van der Waals surface area contributed by atoms with Crippen LogP contribution in [-0.4, -0.2) is 58.6 Å². The summed E-state index contributed by atoms with van der Waals surface area (Å²) < 4.78 is 17.6. The Bertz CT molecular complexity index is 720. The van der Waals surface area contributed by atoms with Crippen molar-refractivity contribution >= 4 is 23.1 Å². The fourth-order valence-corrected chi connectivity index (χ4v) is 2.18. The topological polar surface area (TPSA) is 126 Å². The van der Waals surface area contributed by atoms with Gasteiger partial charge in [0, 0.05) is 6.54 Å². The van der Waals surface area contributed by atoms with E-state index in [-0.39, 0.29) is 18.6 Å². The van der Waals surface area contributed by atoms with E-state index >= 15 is 0 Å². The van der Waals surface area contributed by atoms with E-state index in [2.05, 4.69) is 20.3 Å². The van der Waals surface area contributed by atoms with Gasteiger partial charge in [-0.25, -0.2) is 4.98 Å². The Kier molecular flexibility index (Phi) is 7.54. The minimum Gasteiger partial charge on any atom is -0.479 e. The Morgan fingerprint density at radius 1 is 1.38 bits per heavy atom. The maximum absolute atomic E-state index is 11.7. The second kappa shape index (κ2) is 9.88. The van der Waals surface area contributed by atoms with E-state index in [9.17, 15) is 4.79 Å². The van der Waals surface area contributed by atoms with E-state index in [4.69, 9.17) is 19.9 Å². The lowest BCUT2D eigenvalue weighted by molar-refractivity contribution is -0.146. The number of imidazole rings is 1. The van der Waals surface area contributed by atoms with Crippen molar-refractivity contribution in [3.8, 4) is 5.88 Å². The van der Waals surface area contributed by atoms with Crippen molar-refractivity contribution in [1.29, 1.82) is 0 Å². The predicted octanol–water partition coefficient (Wildman–Crippen LogP) is 0.713. The van der Waals surface area contributed by atoms with Crippen LogP contribution in [0.1, 0.15) is 26.7 Å². The summed E-state index contributed by atoms with van der Waals surface area (Å²) in [5.74, 6) is 0.181. The average Bonchev–Trinajstić information content (AvgIpc) is 3.03. The Morgan fingerprint density at radius 2 is 2.19 bits per heavy atom. The Morgan fingerprint density at radius 3 is 2.92 bits per heavy atom. The van der Waals surface area contributed by atoms with Gasteiger partial charge in [0.25, 0.3) is 0 Å². The number of rotatable bonds is 11. The Balaban J connectivity index is 1.76. The fourth-order valence-electron chi connectivity index (χ4n) is 2.18. The van der Waals surface area contributed by atoms with Crippen LogP contribution in [0, 0.1) is 0 Å². The molecule has 10 nitrogen and oxygen atoms in total. The molecule has 3 N–H and O–H groups in total. The van der Waals surface area contributed by atoms with Crippen LogP contribution in [0.5, 0.6) is 5.88 Å². The van der Waals surface area contributed by atoms with Crippen LogP contribution >= 0.6 is 0 Å². The number of aromatic nitrogens is 4. The van der Waals surface area contributed by atoms with Crippen molar-refractivity contribution < 1.29 is 19.0 Å². The molecule has 0 aromatic carbocycles. The molecule has 0 radical (unpaired) electrons. The van der Waals surface area contributed by atoms with E-state index in [1.807, 2.05) is 6.92 Å². The van der Waals surface area contributed by atoms with Crippen LogP contribution < -0.4 is 15.8 Å². The monoisotopic (exact) mass is 366 g/mol. The number of anilines is 1. The number of nitrogens with zero attached hydrogens (tertiary/aromatic N) is 4. The summed E-state index contributed by atoms with van der Waals surface area (Å²) in [6.45, 7) is 5.40. The van der Waals surface area contributed by atoms with Crippen LogP contribution in [0.15, 0.2) is 6.33 Å². The third-order valence-electron chi connectivity index (χ3n) is 3.71. The molecule has 0 aliphatic rings. The highest BCUT2D eigenvalue weighted by Crippen LogP contribution is 2.21. The van der Waals surface area contributed by atoms with Gasteiger partial charge in [0.05, 0.1) is 33.4 Å². The van der Waals surface area contributed by atoms with Crippen molar-refractivity contribution in [2.45, 2.75) is 39.3 Å². The summed E-state index contributed by atoms with van der Waals surface area (Å²) in [6, 6.07) is -0.419. The predicted molar refractivity (Wildman–Crippen MR) is 95.6 cm³/mol. The third kappa shape index (κ3) is 5.27. The third-order valence-corrected chi connectivity index (χ3v) is 3.71. The normalized spacial score (nSPS) is 12.3. The van der Waals surface area contributed by atoms with Crippen molar-refractivity contribution in [3.05, 3.63) is 6.33 Å². The second-order valence-electron chi connectivity index (χ2n) is 5.70. The van der Waals surface area contributed by atoms with Crippen molar-refractivity contribution in [2.75, 3.05) is 32.8 Å². The number of esters is 1. The number of hydrogen-bond acceptors (Lipinski definition) is 9. The van der Waals surface area contributed by atoms with E-state index < -0.39 is 6.04 Å². The smallest absolute Gasteiger partial charge is 0.322 e. The number of nitrogen functional groups attached to an aromatic ring is 1. The summed E-state index contributed by atoms with van der Waals surface area (Å²) in [7, 11) is 1.50. The first-order valence-electron chi connectivity index (χ1n) is 8.56. The number of carbonyl (C=O) groups is 1. The molecule has 0 aliphatic heterocycles. The first-order valence-corrected chi connectivity index (χ1v) is 8.56. The highest BCUT2D eigenvalue weighted by Gasteiger charge is 2.14. The lowest BCUT2D eigenvalue weighted by Gasteiger charge is -2.13. The summed E-state index contributed by atoms with van der Waals surface area (Å²) in [5, 5.41) is 2.97. The number of carbonyl (C=O) groups excluding carboxylic acids is 1. The number of nitrogens with two attached hydrogens (primary N) is 1. The quantitative estimate of drug-likeness (QED) is 0.336. The van der Waals surface area contributed by atoms with Crippen LogP contribution in [0.4, 0.5) is 5.95 Å². The minimum atomic E-state index is -0.419. The molecule has 0 fully saturated rings. The van der Waals surface area contributed by atoms with Gasteiger partial charge < -0.3 is 24.5 Å². The number of unbranched alkanes of at least 4 members (excludes halogenated alkanes) is 1. The van der Waals surface area contributed by atoms with Crippen LogP contribution in [-0.2, 0) is 20.8 Å². The highest BCUT2D eigenvalue weighted by molar-refractivity contribution is 5.77. The molecular formula is C16H26N6O4. The standard InChI is InChI=1S/C16H26N6O4/c1-4-5-7-26-15(23)11(2)19-10-25-8-6-22-9-18-12-13(22)20-16(17)21-14(12)24-3/h9,11,19H,4-8,10H2,1-3H3,(H2,17,20,21)/t11-/m0/s1. The van der Waals surface area contributed by atoms with Gasteiger partial charge in [0.2, 0.25) is 11.8 Å². The molecule has 0 spiro atoms. The molecule has 0 saturated carbocycles. The lowest BCUT2D eigenvalue weighted by atomic mass is 10.3. The Hall–Kier alpha value is -2.46. The van der Waals surface area contributed by atoms with Crippen molar-refractivity contribution in [1.82, 2.24) is 24.8 Å². The molecule has 0 unspecified atom stereocenters. The first-order chi connectivity index (χ1) is 12.6. The molecule has 144 valence electrons. The van der Waals surface area contributed by atoms with Crippen molar-refractivity contribution in [2.24, 2.45) is 0 Å². The molecule has 2 heterocycles. The molecule has 1 atom stereocenters. The zero-order valence-corrected chi connectivity index (χ0v) is 15.4. The maximum Gasteiger partial charge on any atom is 0.322 e. The zero-order chi connectivity index (χ0) is 18.9. The lowest BCUT2D eigenvalue weighted by Crippen LogP contribution is -2.37. The first kappa shape index (κ1) is 19.9. The van der Waals surface area contributed by atoms with Crippen molar-refractivity contribution in [3.63, 3.8) is 0 Å². The molecular weight excluding hydrogens is 340 g/mol. The molecule has 2 aromatic heterocycles. The summed E-state index contributed by atoms with van der Waals surface area (Å²) in [6.07, 6.45) is 3.49. The molecule has 0 amide bonds. The molecule has 2 aromatic rings. The van der Waals surface area contributed by atoms with E-state index in [0.717, 1.165) is 12.8 Å². The maximum atomic E-state index is 11.7. The van der Waals surface area contributed by atoms with Gasteiger partial charge in [0.1, 0.15) is 6.04 Å². The molecule has 26 heavy (non-hydrogen) atoms. The van der Waals surface area contributed by atoms with Gasteiger partial charge in [-0.15, -0.1) is 0 Å². The Labute approximate surface area is 152 Å². The SMILES string of the molecule is CCCCOC(=O)[C@H](C)NCOCCn1cnc2c(OC)nc(N)nc21. The largest absolute Gasteiger partial charge is 0.479 e. The second-order valence-corrected chi connectivity index (χ2v) is 5.70. The van der Waals surface area contributed by atoms with Gasteiger partial charge in [-0.3, -0.25) is 10.1 Å². The number of ether oxygens (including phenoxy) is 3. The molecule has 0 aliphatic carbocycles. The summed E-state index contributed by atoms with van der Waals surface area (Å²) in [4.78, 5) is 24.1. The molecule has 2 rings (SSSR count). The number of nitrogens with one attached hydrogen (secondary N) is 1. The van der Waals surface area contributed by atoms with Gasteiger partial charge in [-0.05, 0) is 13.3 Å². The molecule has 10 heteroatoms. The van der Waals surface area contributed by atoms with Crippen LogP contribution in [0.25, 0.3) is 11.2 Å². The highest BCUT2D eigenvalue weighted by atomic mass is 16.5. The molecule has 0 bridgehead atoms. The van der Waals surface area contributed by atoms with Crippen LogP contribution in [0.2, 0.25) is 0 Å². The number of methoxy groups -OCH3 is 1. The zero-order valence-electron chi connectivity index (χ0n) is 15.4. The fraction of sp³-hybridized carbons (Fsp3) is 0.625. The van der Waals surface area contributed by atoms with Gasteiger partial charge >= 0.3 is 5.97 Å². The van der Waals surface area contributed by atoms with Gasteiger partial charge in [-0.1, -0.05) is 13.3 Å². The van der Waals surface area contributed by atoms with E-state index in [1.165, 1.54) is 7.11 Å². The van der Waals surface area contributed by atoms with Gasteiger partial charge in [0.15, 0.2) is 11.2 Å². The summed E-state index contributed by atoms with van der Waals surface area (Å²) in [5.41, 5.74) is 6.81. The average molecular weight is 366 g/mol.